The summed E-state index contributed by atoms with van der Waals surface area (Å²) < 4.78 is 7.48. The van der Waals surface area contributed by atoms with Gasteiger partial charge in [0.15, 0.2) is 0 Å². The largest absolute Gasteiger partial charge is 0.444 e. The number of benzene rings is 1. The fraction of sp³-hybridized carbons (Fsp3) is 0.267. The van der Waals surface area contributed by atoms with Crippen molar-refractivity contribution in [2.24, 2.45) is 0 Å². The third-order valence-corrected chi connectivity index (χ3v) is 3.83. The molecule has 0 atom stereocenters. The number of aryl methyl sites for hydroxylation is 2. The lowest BCUT2D eigenvalue weighted by molar-refractivity contribution is 0.606. The average Bonchev–Trinajstić information content (AvgIpc) is 2.92. The molecule has 2 heterocycles. The van der Waals surface area contributed by atoms with E-state index in [1.54, 1.807) is 12.3 Å². The van der Waals surface area contributed by atoms with E-state index in [4.69, 9.17) is 27.6 Å². The highest BCUT2D eigenvalue weighted by atomic mass is 35.5. The molecule has 0 spiro atoms. The molecule has 0 aliphatic heterocycles. The van der Waals surface area contributed by atoms with Crippen molar-refractivity contribution in [3.63, 3.8) is 0 Å². The van der Waals surface area contributed by atoms with Gasteiger partial charge in [-0.2, -0.15) is 5.10 Å². The van der Waals surface area contributed by atoms with Gasteiger partial charge >= 0.3 is 0 Å². The molecule has 0 bridgehead atoms. The quantitative estimate of drug-likeness (QED) is 0.669. The molecule has 1 aromatic carbocycles. The van der Waals surface area contributed by atoms with Crippen LogP contribution in [0.2, 0.25) is 10.0 Å². The third kappa shape index (κ3) is 2.11. The van der Waals surface area contributed by atoms with Crippen LogP contribution in [-0.2, 0) is 6.42 Å². The minimum atomic E-state index is 0.610. The molecular formula is C15H14Cl2N2O. The second-order valence-electron chi connectivity index (χ2n) is 4.79. The maximum absolute atomic E-state index is 6.34. The summed E-state index contributed by atoms with van der Waals surface area (Å²) in [6, 6.07) is 5.49. The molecule has 0 fully saturated rings. The van der Waals surface area contributed by atoms with Crippen LogP contribution >= 0.6 is 23.2 Å². The van der Waals surface area contributed by atoms with Crippen LogP contribution in [-0.4, -0.2) is 9.61 Å². The summed E-state index contributed by atoms with van der Waals surface area (Å²) in [5.41, 5.74) is 4.56. The highest BCUT2D eigenvalue weighted by Crippen LogP contribution is 2.36. The van der Waals surface area contributed by atoms with Crippen molar-refractivity contribution in [1.29, 1.82) is 0 Å². The Morgan fingerprint density at radius 1 is 1.30 bits per heavy atom. The number of rotatable bonds is 3. The van der Waals surface area contributed by atoms with Gasteiger partial charge in [-0.1, -0.05) is 42.6 Å². The van der Waals surface area contributed by atoms with Crippen molar-refractivity contribution in [3.8, 4) is 11.1 Å². The summed E-state index contributed by atoms with van der Waals surface area (Å²) in [4.78, 5) is 0. The van der Waals surface area contributed by atoms with Crippen molar-refractivity contribution in [3.05, 3.63) is 45.9 Å². The van der Waals surface area contributed by atoms with Gasteiger partial charge in [-0.15, -0.1) is 0 Å². The van der Waals surface area contributed by atoms with Crippen molar-refractivity contribution >= 4 is 28.9 Å². The van der Waals surface area contributed by atoms with Gasteiger partial charge in [-0.05, 0) is 25.5 Å². The lowest BCUT2D eigenvalue weighted by Crippen LogP contribution is -1.90. The van der Waals surface area contributed by atoms with E-state index in [-0.39, 0.29) is 0 Å². The second-order valence-corrected chi connectivity index (χ2v) is 5.63. The van der Waals surface area contributed by atoms with Crippen molar-refractivity contribution in [2.45, 2.75) is 26.7 Å². The summed E-state index contributed by atoms with van der Waals surface area (Å²) in [5.74, 6) is 0. The predicted octanol–water partition coefficient (Wildman–Crippen LogP) is 5.16. The Morgan fingerprint density at radius 2 is 2.10 bits per heavy atom. The number of oxazole rings is 1. The molecule has 0 N–H and O–H groups in total. The zero-order chi connectivity index (χ0) is 14.3. The Hall–Kier alpha value is -1.45. The minimum Gasteiger partial charge on any atom is -0.444 e. The smallest absolute Gasteiger partial charge is 0.229 e. The van der Waals surface area contributed by atoms with Gasteiger partial charge in [0.05, 0.1) is 22.0 Å². The lowest BCUT2D eigenvalue weighted by Gasteiger charge is -2.04. The number of aromatic nitrogens is 2. The van der Waals surface area contributed by atoms with Gasteiger partial charge in [0, 0.05) is 10.6 Å². The van der Waals surface area contributed by atoms with Gasteiger partial charge in [0.1, 0.15) is 6.26 Å². The van der Waals surface area contributed by atoms with E-state index in [2.05, 4.69) is 12.0 Å². The van der Waals surface area contributed by atoms with Crippen molar-refractivity contribution in [2.75, 3.05) is 0 Å². The SMILES string of the molecule is CCCc1nn2c(C)coc2c1-c1ccc(Cl)cc1Cl. The number of hydrogen-bond acceptors (Lipinski definition) is 2. The number of hydrogen-bond donors (Lipinski definition) is 0. The van der Waals surface area contributed by atoms with Gasteiger partial charge < -0.3 is 4.42 Å². The first kappa shape index (κ1) is 13.5. The van der Waals surface area contributed by atoms with E-state index in [0.717, 1.165) is 41.1 Å². The molecule has 104 valence electrons. The van der Waals surface area contributed by atoms with E-state index in [0.29, 0.717) is 10.0 Å². The molecule has 20 heavy (non-hydrogen) atoms. The second kappa shape index (κ2) is 5.15. The molecule has 3 aromatic rings. The first-order valence-electron chi connectivity index (χ1n) is 6.53. The fourth-order valence-corrected chi connectivity index (χ4v) is 2.86. The van der Waals surface area contributed by atoms with Crippen LogP contribution in [0.1, 0.15) is 24.7 Å². The molecule has 0 aliphatic rings. The minimum absolute atomic E-state index is 0.610. The highest BCUT2D eigenvalue weighted by Gasteiger charge is 2.20. The molecule has 0 unspecified atom stereocenters. The predicted molar refractivity (Wildman–Crippen MR) is 81.6 cm³/mol. The molecule has 2 aromatic heterocycles. The zero-order valence-electron chi connectivity index (χ0n) is 11.3. The molecular weight excluding hydrogens is 295 g/mol. The Kier molecular flexibility index (Phi) is 3.48. The molecule has 0 amide bonds. The fourth-order valence-electron chi connectivity index (χ4n) is 2.36. The molecule has 0 saturated heterocycles. The van der Waals surface area contributed by atoms with Crippen LogP contribution in [0.15, 0.2) is 28.9 Å². The molecule has 0 radical (unpaired) electrons. The average molecular weight is 309 g/mol. The number of halogens is 2. The van der Waals surface area contributed by atoms with E-state index in [1.165, 1.54) is 0 Å². The number of fused-ring (bicyclic) bond motifs is 1. The maximum Gasteiger partial charge on any atom is 0.229 e. The monoisotopic (exact) mass is 308 g/mol. The molecule has 0 aliphatic carbocycles. The number of nitrogens with zero attached hydrogens (tertiary/aromatic N) is 2. The summed E-state index contributed by atoms with van der Waals surface area (Å²) in [6.45, 7) is 4.09. The zero-order valence-corrected chi connectivity index (χ0v) is 12.8. The Bertz CT molecular complexity index is 774. The van der Waals surface area contributed by atoms with E-state index in [9.17, 15) is 0 Å². The summed E-state index contributed by atoms with van der Waals surface area (Å²) in [5, 5.41) is 5.86. The van der Waals surface area contributed by atoms with Crippen LogP contribution in [0.5, 0.6) is 0 Å². The first-order valence-corrected chi connectivity index (χ1v) is 7.28. The molecule has 0 saturated carbocycles. The van der Waals surface area contributed by atoms with Crippen LogP contribution in [0, 0.1) is 6.92 Å². The van der Waals surface area contributed by atoms with Crippen molar-refractivity contribution in [1.82, 2.24) is 9.61 Å². The van der Waals surface area contributed by atoms with E-state index >= 15 is 0 Å². The van der Waals surface area contributed by atoms with Crippen molar-refractivity contribution < 1.29 is 4.42 Å². The summed E-state index contributed by atoms with van der Waals surface area (Å²) >= 11 is 12.3. The van der Waals surface area contributed by atoms with Crippen LogP contribution in [0.25, 0.3) is 16.8 Å². The third-order valence-electron chi connectivity index (χ3n) is 3.28. The standard InChI is InChI=1S/C15H14Cl2N2O/c1-3-4-13-14(11-6-5-10(16)7-12(11)17)15-19(18-13)9(2)8-20-15/h5-8H,3-4H2,1-2H3. The molecule has 3 nitrogen and oxygen atoms in total. The van der Waals surface area contributed by atoms with E-state index in [1.807, 2.05) is 23.6 Å². The van der Waals surface area contributed by atoms with Crippen LogP contribution in [0.3, 0.4) is 0 Å². The first-order chi connectivity index (χ1) is 9.61. The molecule has 3 rings (SSSR count). The molecule has 5 heteroatoms. The lowest BCUT2D eigenvalue weighted by atomic mass is 10.0. The van der Waals surface area contributed by atoms with Gasteiger partial charge in [-0.3, -0.25) is 0 Å². The maximum atomic E-state index is 6.34. The summed E-state index contributed by atoms with van der Waals surface area (Å²) in [7, 11) is 0. The Morgan fingerprint density at radius 3 is 2.80 bits per heavy atom. The van der Waals surface area contributed by atoms with Crippen LogP contribution < -0.4 is 0 Å². The van der Waals surface area contributed by atoms with Gasteiger partial charge in [0.25, 0.3) is 0 Å². The van der Waals surface area contributed by atoms with Gasteiger partial charge in [-0.25, -0.2) is 4.52 Å². The van der Waals surface area contributed by atoms with E-state index < -0.39 is 0 Å². The van der Waals surface area contributed by atoms with Crippen LogP contribution in [0.4, 0.5) is 0 Å². The topological polar surface area (TPSA) is 30.4 Å². The normalized spacial score (nSPS) is 11.4. The Labute approximate surface area is 127 Å². The Balaban J connectivity index is 2.29. The van der Waals surface area contributed by atoms with Gasteiger partial charge in [0.2, 0.25) is 5.71 Å². The highest BCUT2D eigenvalue weighted by molar-refractivity contribution is 6.36. The summed E-state index contributed by atoms with van der Waals surface area (Å²) in [6.07, 6.45) is 3.59.